The molecule has 1 amide bonds. The Kier molecular flexibility index (Phi) is 4.59. The van der Waals surface area contributed by atoms with Crippen molar-refractivity contribution >= 4 is 27.6 Å². The fraction of sp³-hybridized carbons (Fsp3) is 0.350. The molecule has 4 aromatic rings. The van der Waals surface area contributed by atoms with Gasteiger partial charge in [-0.25, -0.2) is 9.97 Å². The third kappa shape index (κ3) is 3.08. The fourth-order valence-corrected chi connectivity index (χ4v) is 5.02. The van der Waals surface area contributed by atoms with Gasteiger partial charge in [0, 0.05) is 32.4 Å². The number of halogens is 3. The van der Waals surface area contributed by atoms with E-state index in [0.29, 0.717) is 41.3 Å². The summed E-state index contributed by atoms with van der Waals surface area (Å²) in [5.41, 5.74) is 4.19. The number of thiazole rings is 1. The maximum atomic E-state index is 13.4. The number of carbonyl (C=O) groups is 1. The van der Waals surface area contributed by atoms with E-state index < -0.39 is 11.9 Å². The number of carbonyl (C=O) groups excluding carboxylic acids is 1. The molecule has 5 heterocycles. The minimum atomic E-state index is -4.53. The smallest absolute Gasteiger partial charge is 0.330 e. The number of aryl methyl sites for hydroxylation is 2. The van der Waals surface area contributed by atoms with Gasteiger partial charge in [-0.2, -0.15) is 23.4 Å². The number of hydrogen-bond acceptors (Lipinski definition) is 6. The summed E-state index contributed by atoms with van der Waals surface area (Å²) >= 11 is 1.36. The molecule has 0 fully saturated rings. The monoisotopic (exact) mass is 461 g/mol. The van der Waals surface area contributed by atoms with Crippen molar-refractivity contribution in [1.29, 1.82) is 0 Å². The lowest BCUT2D eigenvalue weighted by Gasteiger charge is -2.33. The summed E-state index contributed by atoms with van der Waals surface area (Å²) < 4.78 is 43.0. The summed E-state index contributed by atoms with van der Waals surface area (Å²) in [6, 6.07) is 2.37. The molecule has 166 valence electrons. The third-order valence-electron chi connectivity index (χ3n) is 5.78. The molecular formula is C20H18F3N7OS. The normalized spacial score (nSPS) is 16.6. The lowest BCUT2D eigenvalue weighted by atomic mass is 9.96. The molecule has 0 N–H and O–H groups in total. The highest BCUT2D eigenvalue weighted by atomic mass is 32.1. The summed E-state index contributed by atoms with van der Waals surface area (Å²) in [5.74, 6) is -0.146. The summed E-state index contributed by atoms with van der Waals surface area (Å²) in [4.78, 5) is 23.5. The molecule has 12 heteroatoms. The van der Waals surface area contributed by atoms with Gasteiger partial charge >= 0.3 is 6.18 Å². The van der Waals surface area contributed by atoms with Crippen LogP contribution in [-0.2, 0) is 26.7 Å². The van der Waals surface area contributed by atoms with Crippen molar-refractivity contribution in [2.24, 2.45) is 14.1 Å². The van der Waals surface area contributed by atoms with Gasteiger partial charge in [0.05, 0.1) is 38.9 Å². The van der Waals surface area contributed by atoms with Gasteiger partial charge in [-0.05, 0) is 25.5 Å². The van der Waals surface area contributed by atoms with Crippen molar-refractivity contribution in [2.75, 3.05) is 6.54 Å². The zero-order chi connectivity index (χ0) is 22.8. The quantitative estimate of drug-likeness (QED) is 0.456. The number of aromatic nitrogens is 6. The molecule has 0 aliphatic carbocycles. The molecule has 1 atom stereocenters. The molecule has 0 radical (unpaired) electrons. The molecule has 0 aromatic carbocycles. The number of alkyl halides is 3. The summed E-state index contributed by atoms with van der Waals surface area (Å²) in [6.07, 6.45) is -2.50. The molecule has 5 rings (SSSR count). The van der Waals surface area contributed by atoms with Crippen LogP contribution in [0.5, 0.6) is 0 Å². The van der Waals surface area contributed by atoms with Gasteiger partial charge in [-0.1, -0.05) is 0 Å². The Bertz CT molecular complexity index is 1350. The Morgan fingerprint density at radius 1 is 1.19 bits per heavy atom. The Balaban J connectivity index is 1.53. The highest BCUT2D eigenvalue weighted by Crippen LogP contribution is 2.38. The first-order valence-electron chi connectivity index (χ1n) is 9.83. The fourth-order valence-electron chi connectivity index (χ4n) is 4.27. The third-order valence-corrected chi connectivity index (χ3v) is 6.63. The SMILES string of the molecule is CC1c2nn(C)c(-c3cc(C(F)(F)F)nn3C)c2CCN1C(=O)c1ccnc2ncsc12. The van der Waals surface area contributed by atoms with E-state index in [1.807, 2.05) is 6.92 Å². The molecule has 1 aliphatic heterocycles. The van der Waals surface area contributed by atoms with Crippen molar-refractivity contribution in [2.45, 2.75) is 25.6 Å². The van der Waals surface area contributed by atoms with Crippen LogP contribution in [0.4, 0.5) is 13.2 Å². The predicted octanol–water partition coefficient (Wildman–Crippen LogP) is 3.60. The summed E-state index contributed by atoms with van der Waals surface area (Å²) in [7, 11) is 3.17. The standard InChI is InChI=1S/C20H18F3N7OS/c1-10-15-11(16(29(3)27-15)13-8-14(20(21,22)23)26-28(13)2)5-7-30(10)19(31)12-4-6-24-18-17(12)32-9-25-18/h4,6,8-10H,5,7H2,1-3H3. The Morgan fingerprint density at radius 3 is 2.69 bits per heavy atom. The van der Waals surface area contributed by atoms with Crippen LogP contribution in [0.2, 0.25) is 0 Å². The molecule has 32 heavy (non-hydrogen) atoms. The molecule has 0 spiro atoms. The van der Waals surface area contributed by atoms with Crippen LogP contribution in [0.15, 0.2) is 23.8 Å². The number of pyridine rings is 1. The molecule has 1 aliphatic rings. The number of amides is 1. The van der Waals surface area contributed by atoms with Crippen molar-refractivity contribution < 1.29 is 18.0 Å². The van der Waals surface area contributed by atoms with Crippen LogP contribution < -0.4 is 0 Å². The van der Waals surface area contributed by atoms with E-state index in [1.54, 1.807) is 34.4 Å². The van der Waals surface area contributed by atoms with Crippen LogP contribution in [0.3, 0.4) is 0 Å². The topological polar surface area (TPSA) is 81.7 Å². The van der Waals surface area contributed by atoms with E-state index >= 15 is 0 Å². The van der Waals surface area contributed by atoms with Gasteiger partial charge in [-0.3, -0.25) is 14.2 Å². The van der Waals surface area contributed by atoms with Gasteiger partial charge < -0.3 is 4.90 Å². The molecule has 0 saturated carbocycles. The van der Waals surface area contributed by atoms with E-state index in [-0.39, 0.29) is 11.9 Å². The molecule has 0 bridgehead atoms. The summed E-state index contributed by atoms with van der Waals surface area (Å²) in [5, 5.41) is 8.21. The van der Waals surface area contributed by atoms with Gasteiger partial charge in [0.15, 0.2) is 11.3 Å². The van der Waals surface area contributed by atoms with Crippen molar-refractivity contribution in [1.82, 2.24) is 34.4 Å². The lowest BCUT2D eigenvalue weighted by Crippen LogP contribution is -2.39. The first kappa shape index (κ1) is 20.6. The van der Waals surface area contributed by atoms with E-state index in [2.05, 4.69) is 20.2 Å². The van der Waals surface area contributed by atoms with Crippen molar-refractivity contribution in [3.63, 3.8) is 0 Å². The number of fused-ring (bicyclic) bond motifs is 2. The van der Waals surface area contributed by atoms with Crippen LogP contribution in [0.1, 0.15) is 40.3 Å². The molecule has 8 nitrogen and oxygen atoms in total. The Labute approximate surface area is 184 Å². The van der Waals surface area contributed by atoms with Gasteiger partial charge in [0.1, 0.15) is 0 Å². The minimum Gasteiger partial charge on any atom is -0.330 e. The van der Waals surface area contributed by atoms with E-state index in [9.17, 15) is 18.0 Å². The highest BCUT2D eigenvalue weighted by Gasteiger charge is 2.38. The maximum Gasteiger partial charge on any atom is 0.435 e. The van der Waals surface area contributed by atoms with Crippen molar-refractivity contribution in [3.05, 3.63) is 46.4 Å². The second-order valence-electron chi connectivity index (χ2n) is 7.66. The lowest BCUT2D eigenvalue weighted by molar-refractivity contribution is -0.141. The molecule has 1 unspecified atom stereocenters. The predicted molar refractivity (Wildman–Crippen MR) is 111 cm³/mol. The van der Waals surface area contributed by atoms with Crippen LogP contribution >= 0.6 is 11.3 Å². The largest absolute Gasteiger partial charge is 0.435 e. The minimum absolute atomic E-state index is 0.146. The average Bonchev–Trinajstić information content (AvgIpc) is 3.44. The maximum absolute atomic E-state index is 13.4. The van der Waals surface area contributed by atoms with Crippen LogP contribution in [0, 0.1) is 0 Å². The van der Waals surface area contributed by atoms with Crippen LogP contribution in [-0.4, -0.2) is 46.9 Å². The molecule has 0 saturated heterocycles. The first-order valence-corrected chi connectivity index (χ1v) is 10.7. The Morgan fingerprint density at radius 2 is 1.97 bits per heavy atom. The number of nitrogens with zero attached hydrogens (tertiary/aromatic N) is 7. The molecule has 4 aromatic heterocycles. The number of hydrogen-bond donors (Lipinski definition) is 0. The average molecular weight is 461 g/mol. The second kappa shape index (κ2) is 7.12. The van der Waals surface area contributed by atoms with E-state index in [4.69, 9.17) is 0 Å². The van der Waals surface area contributed by atoms with Crippen molar-refractivity contribution in [3.8, 4) is 11.4 Å². The van der Waals surface area contributed by atoms with Gasteiger partial charge in [0.25, 0.3) is 5.91 Å². The molecular weight excluding hydrogens is 443 g/mol. The second-order valence-corrected chi connectivity index (χ2v) is 8.52. The zero-order valence-corrected chi connectivity index (χ0v) is 18.2. The summed E-state index contributed by atoms with van der Waals surface area (Å²) in [6.45, 7) is 2.29. The highest BCUT2D eigenvalue weighted by molar-refractivity contribution is 7.17. The van der Waals surface area contributed by atoms with E-state index in [0.717, 1.165) is 16.3 Å². The Hall–Kier alpha value is -3.28. The van der Waals surface area contributed by atoms with Gasteiger partial charge in [0.2, 0.25) is 0 Å². The van der Waals surface area contributed by atoms with Gasteiger partial charge in [-0.15, -0.1) is 11.3 Å². The first-order chi connectivity index (χ1) is 15.2. The number of rotatable bonds is 2. The van der Waals surface area contributed by atoms with E-state index in [1.165, 1.54) is 23.1 Å². The zero-order valence-electron chi connectivity index (χ0n) is 17.4. The van der Waals surface area contributed by atoms with Crippen LogP contribution in [0.25, 0.3) is 21.7 Å².